The lowest BCUT2D eigenvalue weighted by atomic mass is 10.2. The molecule has 2 aromatic carbocycles. The Morgan fingerprint density at radius 1 is 1.08 bits per heavy atom. The fourth-order valence-electron chi connectivity index (χ4n) is 2.08. The molecule has 0 radical (unpaired) electrons. The molecular formula is C19H19NO5S. The predicted octanol–water partition coefficient (Wildman–Crippen LogP) is 2.18. The molecule has 0 atom stereocenters. The standard InChI is InChI=1S/C19H19NO5S/c1-3-13-20(2)19(21)16-9-11-18(12-10-16)26(22,23)25-15-14-24-17-7-5-4-6-8-17/h1,4-12H,13-15H2,2H3. The Kier molecular flexibility index (Phi) is 6.78. The molecule has 26 heavy (non-hydrogen) atoms. The molecule has 0 saturated heterocycles. The molecule has 0 aliphatic heterocycles. The van der Waals surface area contributed by atoms with Gasteiger partial charge in [-0.3, -0.25) is 8.98 Å². The Hall–Kier alpha value is -2.82. The minimum atomic E-state index is -3.92. The van der Waals surface area contributed by atoms with Crippen molar-refractivity contribution < 1.29 is 22.1 Å². The van der Waals surface area contributed by atoms with Gasteiger partial charge < -0.3 is 9.64 Å². The van der Waals surface area contributed by atoms with Crippen molar-refractivity contribution in [3.63, 3.8) is 0 Å². The molecule has 0 aromatic heterocycles. The average Bonchev–Trinajstić information content (AvgIpc) is 2.66. The number of carbonyl (C=O) groups excluding carboxylic acids is 1. The van der Waals surface area contributed by atoms with Crippen LogP contribution in [0, 0.1) is 12.3 Å². The number of nitrogens with zero attached hydrogens (tertiary/aromatic N) is 1. The van der Waals surface area contributed by atoms with E-state index in [1.807, 2.05) is 18.2 Å². The summed E-state index contributed by atoms with van der Waals surface area (Å²) >= 11 is 0. The van der Waals surface area contributed by atoms with E-state index in [1.54, 1.807) is 19.2 Å². The Morgan fingerprint density at radius 2 is 1.73 bits per heavy atom. The first-order valence-corrected chi connectivity index (χ1v) is 9.21. The number of para-hydroxylation sites is 1. The summed E-state index contributed by atoms with van der Waals surface area (Å²) in [5, 5.41) is 0. The van der Waals surface area contributed by atoms with Gasteiger partial charge in [-0.25, -0.2) is 0 Å². The molecule has 0 fully saturated rings. The molecule has 2 aromatic rings. The third-order valence-electron chi connectivity index (χ3n) is 3.40. The summed E-state index contributed by atoms with van der Waals surface area (Å²) in [6.07, 6.45) is 5.17. The van der Waals surface area contributed by atoms with Crippen LogP contribution in [-0.2, 0) is 14.3 Å². The van der Waals surface area contributed by atoms with Gasteiger partial charge in [0.05, 0.1) is 11.4 Å². The molecule has 0 aliphatic carbocycles. The van der Waals surface area contributed by atoms with E-state index in [2.05, 4.69) is 5.92 Å². The van der Waals surface area contributed by atoms with Crippen molar-refractivity contribution >= 4 is 16.0 Å². The quantitative estimate of drug-likeness (QED) is 0.403. The first-order valence-electron chi connectivity index (χ1n) is 7.80. The minimum absolute atomic E-state index is 0.0339. The Balaban J connectivity index is 1.92. The topological polar surface area (TPSA) is 72.9 Å². The van der Waals surface area contributed by atoms with Crippen molar-refractivity contribution in [1.82, 2.24) is 4.90 Å². The minimum Gasteiger partial charge on any atom is -0.491 e. The lowest BCUT2D eigenvalue weighted by molar-refractivity contribution is 0.0812. The van der Waals surface area contributed by atoms with Gasteiger partial charge in [0.25, 0.3) is 16.0 Å². The van der Waals surface area contributed by atoms with Crippen LogP contribution in [0.2, 0.25) is 0 Å². The maximum absolute atomic E-state index is 12.2. The van der Waals surface area contributed by atoms with Gasteiger partial charge in [0.1, 0.15) is 19.0 Å². The van der Waals surface area contributed by atoms with Crippen LogP contribution < -0.4 is 4.74 Å². The smallest absolute Gasteiger partial charge is 0.297 e. The fourth-order valence-corrected chi connectivity index (χ4v) is 2.97. The number of hydrogen-bond donors (Lipinski definition) is 0. The van der Waals surface area contributed by atoms with Gasteiger partial charge >= 0.3 is 0 Å². The van der Waals surface area contributed by atoms with Crippen LogP contribution in [0.15, 0.2) is 59.5 Å². The van der Waals surface area contributed by atoms with E-state index in [1.165, 1.54) is 29.2 Å². The number of ether oxygens (including phenoxy) is 1. The maximum atomic E-state index is 12.2. The van der Waals surface area contributed by atoms with Gasteiger partial charge in [-0.15, -0.1) is 6.42 Å². The summed E-state index contributed by atoms with van der Waals surface area (Å²) in [6, 6.07) is 14.5. The highest BCUT2D eigenvalue weighted by atomic mass is 32.2. The number of amides is 1. The second kappa shape index (κ2) is 9.04. The lowest BCUT2D eigenvalue weighted by Crippen LogP contribution is -2.26. The molecule has 0 unspecified atom stereocenters. The zero-order chi connectivity index (χ0) is 19.0. The van der Waals surface area contributed by atoms with Crippen molar-refractivity contribution in [3.8, 4) is 18.1 Å². The third kappa shape index (κ3) is 5.34. The summed E-state index contributed by atoms with van der Waals surface area (Å²) in [4.78, 5) is 13.4. The average molecular weight is 373 g/mol. The number of terminal acetylenes is 1. The van der Waals surface area contributed by atoms with Gasteiger partial charge in [0, 0.05) is 12.6 Å². The van der Waals surface area contributed by atoms with E-state index >= 15 is 0 Å². The van der Waals surface area contributed by atoms with Crippen molar-refractivity contribution in [3.05, 3.63) is 60.2 Å². The van der Waals surface area contributed by atoms with E-state index in [9.17, 15) is 13.2 Å². The van der Waals surface area contributed by atoms with Gasteiger partial charge in [-0.2, -0.15) is 8.42 Å². The predicted molar refractivity (Wildman–Crippen MR) is 97.3 cm³/mol. The first kappa shape index (κ1) is 19.5. The molecule has 0 saturated carbocycles. The van der Waals surface area contributed by atoms with Crippen LogP contribution in [0.3, 0.4) is 0 Å². The largest absolute Gasteiger partial charge is 0.491 e. The zero-order valence-corrected chi connectivity index (χ0v) is 15.1. The summed E-state index contributed by atoms with van der Waals surface area (Å²) in [5.41, 5.74) is 0.342. The molecular weight excluding hydrogens is 354 g/mol. The number of benzene rings is 2. The summed E-state index contributed by atoms with van der Waals surface area (Å²) in [7, 11) is -2.35. The summed E-state index contributed by atoms with van der Waals surface area (Å²) < 4.78 is 34.7. The third-order valence-corrected chi connectivity index (χ3v) is 4.73. The highest BCUT2D eigenvalue weighted by Crippen LogP contribution is 2.15. The monoisotopic (exact) mass is 373 g/mol. The molecule has 6 nitrogen and oxygen atoms in total. The Morgan fingerprint density at radius 3 is 2.35 bits per heavy atom. The van der Waals surface area contributed by atoms with Gasteiger partial charge in [0.15, 0.2) is 0 Å². The number of carbonyl (C=O) groups is 1. The molecule has 0 spiro atoms. The van der Waals surface area contributed by atoms with Crippen LogP contribution >= 0.6 is 0 Å². The highest BCUT2D eigenvalue weighted by Gasteiger charge is 2.17. The van der Waals surface area contributed by atoms with Crippen LogP contribution in [0.5, 0.6) is 5.75 Å². The van der Waals surface area contributed by atoms with Gasteiger partial charge in [0.2, 0.25) is 0 Å². The molecule has 0 heterocycles. The van der Waals surface area contributed by atoms with Crippen molar-refractivity contribution in [2.45, 2.75) is 4.90 Å². The van der Waals surface area contributed by atoms with Crippen LogP contribution in [-0.4, -0.2) is 46.0 Å². The summed E-state index contributed by atoms with van der Waals surface area (Å²) in [6.45, 7) is 0.142. The second-order valence-electron chi connectivity index (χ2n) is 5.33. The maximum Gasteiger partial charge on any atom is 0.297 e. The van der Waals surface area contributed by atoms with Crippen LogP contribution in [0.4, 0.5) is 0 Å². The van der Waals surface area contributed by atoms with Crippen molar-refractivity contribution in [2.75, 3.05) is 26.8 Å². The van der Waals surface area contributed by atoms with E-state index in [-0.39, 0.29) is 30.6 Å². The molecule has 136 valence electrons. The SMILES string of the molecule is C#CCN(C)C(=O)c1ccc(S(=O)(=O)OCCOc2ccccc2)cc1. The normalized spacial score (nSPS) is 10.8. The first-order chi connectivity index (χ1) is 12.4. The molecule has 7 heteroatoms. The molecule has 2 rings (SSSR count). The van der Waals surface area contributed by atoms with Crippen molar-refractivity contribution in [1.29, 1.82) is 0 Å². The molecule has 0 bridgehead atoms. The van der Waals surface area contributed by atoms with Gasteiger partial charge in [-0.1, -0.05) is 24.1 Å². The van der Waals surface area contributed by atoms with Gasteiger partial charge in [-0.05, 0) is 36.4 Å². The van der Waals surface area contributed by atoms with E-state index < -0.39 is 10.1 Å². The molecule has 1 amide bonds. The second-order valence-corrected chi connectivity index (χ2v) is 6.94. The van der Waals surface area contributed by atoms with E-state index in [0.29, 0.717) is 11.3 Å². The van der Waals surface area contributed by atoms with Crippen LogP contribution in [0.25, 0.3) is 0 Å². The Labute approximate surface area is 153 Å². The van der Waals surface area contributed by atoms with Crippen molar-refractivity contribution in [2.24, 2.45) is 0 Å². The zero-order valence-electron chi connectivity index (χ0n) is 14.3. The van der Waals surface area contributed by atoms with E-state index in [0.717, 1.165) is 0 Å². The lowest BCUT2D eigenvalue weighted by Gasteiger charge is -2.14. The number of hydrogen-bond acceptors (Lipinski definition) is 5. The summed E-state index contributed by atoms with van der Waals surface area (Å²) in [5.74, 6) is 2.72. The Bertz CT molecular complexity index is 870. The van der Waals surface area contributed by atoms with Crippen LogP contribution in [0.1, 0.15) is 10.4 Å². The fraction of sp³-hybridized carbons (Fsp3) is 0.211. The van der Waals surface area contributed by atoms with E-state index in [4.69, 9.17) is 15.3 Å². The molecule has 0 N–H and O–H groups in total. The number of rotatable bonds is 8. The highest BCUT2D eigenvalue weighted by molar-refractivity contribution is 7.86. The molecule has 0 aliphatic rings.